The van der Waals surface area contributed by atoms with Crippen LogP contribution in [0.2, 0.25) is 0 Å². The third-order valence-corrected chi connectivity index (χ3v) is 6.15. The van der Waals surface area contributed by atoms with Crippen LogP contribution in [-0.4, -0.2) is 68.2 Å². The van der Waals surface area contributed by atoms with Crippen molar-refractivity contribution < 1.29 is 5.11 Å². The van der Waals surface area contributed by atoms with E-state index in [9.17, 15) is 5.11 Å². The van der Waals surface area contributed by atoms with Gasteiger partial charge in [0.15, 0.2) is 0 Å². The fraction of sp³-hybridized carbons (Fsp3) is 0.208. The number of phenolic OH excluding ortho intramolecular Hbond substituents is 1. The number of piperazine rings is 1. The Hall–Kier alpha value is -3.91. The van der Waals surface area contributed by atoms with E-state index in [0.717, 1.165) is 64.9 Å². The molecule has 1 fully saturated rings. The number of imidazole rings is 1. The quantitative estimate of drug-likeness (QED) is 0.461. The highest BCUT2D eigenvalue weighted by atomic mass is 16.3. The second-order valence-electron chi connectivity index (χ2n) is 8.32. The Bertz CT molecular complexity index is 1430. The van der Waals surface area contributed by atoms with Gasteiger partial charge in [-0.1, -0.05) is 29.5 Å². The van der Waals surface area contributed by atoms with E-state index in [-0.39, 0.29) is 5.75 Å². The van der Waals surface area contributed by atoms with E-state index in [4.69, 9.17) is 4.98 Å². The van der Waals surface area contributed by atoms with Gasteiger partial charge in [0.1, 0.15) is 17.0 Å². The van der Waals surface area contributed by atoms with Crippen LogP contribution in [0.4, 0.5) is 5.69 Å². The first kappa shape index (κ1) is 18.8. The molecule has 1 aliphatic heterocycles. The van der Waals surface area contributed by atoms with Gasteiger partial charge in [0.2, 0.25) is 5.95 Å². The van der Waals surface area contributed by atoms with Gasteiger partial charge in [0.05, 0.1) is 17.4 Å². The Morgan fingerprint density at radius 3 is 2.62 bits per heavy atom. The summed E-state index contributed by atoms with van der Waals surface area (Å²) in [5.41, 5.74) is 4.81. The number of anilines is 1. The molecule has 5 aromatic rings. The summed E-state index contributed by atoms with van der Waals surface area (Å²) in [6.07, 6.45) is 1.88. The monoisotopic (exact) mass is 425 g/mol. The molecule has 8 nitrogen and oxygen atoms in total. The van der Waals surface area contributed by atoms with Crippen LogP contribution < -0.4 is 4.90 Å². The molecule has 8 heteroatoms. The van der Waals surface area contributed by atoms with Crippen LogP contribution >= 0.6 is 0 Å². The van der Waals surface area contributed by atoms with E-state index in [1.807, 2.05) is 36.5 Å². The number of fused-ring (bicyclic) bond motifs is 2. The minimum Gasteiger partial charge on any atom is -0.508 e. The maximum atomic E-state index is 9.68. The number of hydrogen-bond donors (Lipinski definition) is 2. The van der Waals surface area contributed by atoms with E-state index < -0.39 is 0 Å². The molecule has 2 aromatic heterocycles. The van der Waals surface area contributed by atoms with Crippen LogP contribution in [-0.2, 0) is 0 Å². The Kier molecular flexibility index (Phi) is 4.32. The number of para-hydroxylation sites is 1. The summed E-state index contributed by atoms with van der Waals surface area (Å²) in [5.74, 6) is 0.906. The number of nitrogens with zero attached hydrogens (tertiary/aromatic N) is 6. The number of rotatable bonds is 3. The Morgan fingerprint density at radius 1 is 0.938 bits per heavy atom. The molecule has 0 amide bonds. The predicted molar refractivity (Wildman–Crippen MR) is 125 cm³/mol. The van der Waals surface area contributed by atoms with Gasteiger partial charge in [-0.2, -0.15) is 4.68 Å². The van der Waals surface area contributed by atoms with E-state index in [0.29, 0.717) is 5.95 Å². The van der Waals surface area contributed by atoms with Crippen molar-refractivity contribution in [2.24, 2.45) is 0 Å². The minimum atomic E-state index is 0.261. The van der Waals surface area contributed by atoms with Gasteiger partial charge in [0.25, 0.3) is 0 Å². The first-order valence-electron chi connectivity index (χ1n) is 10.7. The molecule has 0 unspecified atom stereocenters. The lowest BCUT2D eigenvalue weighted by atomic mass is 10.1. The number of aromatic amines is 1. The molecule has 2 N–H and O–H groups in total. The third kappa shape index (κ3) is 3.25. The van der Waals surface area contributed by atoms with Crippen molar-refractivity contribution in [2.45, 2.75) is 0 Å². The van der Waals surface area contributed by atoms with E-state index >= 15 is 0 Å². The first-order valence-corrected chi connectivity index (χ1v) is 10.7. The Morgan fingerprint density at radius 2 is 1.75 bits per heavy atom. The summed E-state index contributed by atoms with van der Waals surface area (Å²) in [6, 6.07) is 17.6. The van der Waals surface area contributed by atoms with Gasteiger partial charge in [-0.3, -0.25) is 0 Å². The molecule has 0 spiro atoms. The number of benzene rings is 3. The molecule has 1 saturated heterocycles. The summed E-state index contributed by atoms with van der Waals surface area (Å²) in [5, 5.41) is 20.4. The number of H-pyrrole nitrogens is 1. The SMILES string of the molecule is CN1CCN(c2cccc3[nH]c(-n4cc(-c5ccc6cc(O)ccc6c5)nn4)nc23)CC1. The van der Waals surface area contributed by atoms with Crippen molar-refractivity contribution in [1.82, 2.24) is 29.9 Å². The average molecular weight is 425 g/mol. The van der Waals surface area contributed by atoms with Gasteiger partial charge in [-0.25, -0.2) is 4.98 Å². The van der Waals surface area contributed by atoms with Gasteiger partial charge in [-0.05, 0) is 48.2 Å². The number of likely N-dealkylation sites (N-methyl/N-ethyl adjacent to an activating group) is 1. The maximum absolute atomic E-state index is 9.68. The summed E-state index contributed by atoms with van der Waals surface area (Å²) < 4.78 is 1.68. The van der Waals surface area contributed by atoms with Crippen molar-refractivity contribution in [3.63, 3.8) is 0 Å². The smallest absolute Gasteiger partial charge is 0.230 e. The highest BCUT2D eigenvalue weighted by molar-refractivity contribution is 5.90. The average Bonchev–Trinajstić information content (AvgIpc) is 3.46. The standard InChI is InChI=1S/C24H23N7O/c1-29-9-11-30(12-10-29)22-4-2-3-20-23(22)26-24(25-20)31-15-21(27-28-31)18-6-5-17-14-19(32)8-7-16(17)13-18/h2-8,13-15,32H,9-12H2,1H3,(H,25,26). The molecule has 0 aliphatic carbocycles. The van der Waals surface area contributed by atoms with Gasteiger partial charge in [0, 0.05) is 31.7 Å². The molecule has 0 atom stereocenters. The fourth-order valence-electron chi connectivity index (χ4n) is 4.31. The molecule has 6 rings (SSSR count). The van der Waals surface area contributed by atoms with Crippen molar-refractivity contribution in [3.05, 3.63) is 60.8 Å². The highest BCUT2D eigenvalue weighted by Crippen LogP contribution is 2.28. The molecule has 1 aliphatic rings. The van der Waals surface area contributed by atoms with Crippen molar-refractivity contribution in [1.29, 1.82) is 0 Å². The third-order valence-electron chi connectivity index (χ3n) is 6.15. The molecule has 0 radical (unpaired) electrons. The fourth-order valence-corrected chi connectivity index (χ4v) is 4.31. The van der Waals surface area contributed by atoms with Gasteiger partial charge >= 0.3 is 0 Å². The molecule has 3 aromatic carbocycles. The van der Waals surface area contributed by atoms with Crippen molar-refractivity contribution >= 4 is 27.5 Å². The number of aromatic nitrogens is 5. The van der Waals surface area contributed by atoms with Crippen molar-refractivity contribution in [3.8, 4) is 23.0 Å². The van der Waals surface area contributed by atoms with Crippen LogP contribution in [0.3, 0.4) is 0 Å². The maximum Gasteiger partial charge on any atom is 0.230 e. The predicted octanol–water partition coefficient (Wildman–Crippen LogP) is 3.42. The Balaban J connectivity index is 1.34. The number of hydrogen-bond acceptors (Lipinski definition) is 6. The molecule has 32 heavy (non-hydrogen) atoms. The summed E-state index contributed by atoms with van der Waals surface area (Å²) in [4.78, 5) is 13.0. The second-order valence-corrected chi connectivity index (χ2v) is 8.32. The first-order chi connectivity index (χ1) is 15.6. The van der Waals surface area contributed by atoms with Gasteiger partial charge in [-0.15, -0.1) is 5.10 Å². The van der Waals surface area contributed by atoms with Crippen LogP contribution in [0.5, 0.6) is 5.75 Å². The lowest BCUT2D eigenvalue weighted by Crippen LogP contribution is -2.44. The largest absolute Gasteiger partial charge is 0.508 e. The lowest BCUT2D eigenvalue weighted by Gasteiger charge is -2.34. The van der Waals surface area contributed by atoms with Crippen LogP contribution in [0.15, 0.2) is 60.8 Å². The summed E-state index contributed by atoms with van der Waals surface area (Å²) >= 11 is 0. The Labute approximate surface area is 184 Å². The van der Waals surface area contributed by atoms with Crippen LogP contribution in [0.25, 0.3) is 39.0 Å². The molecule has 0 saturated carbocycles. The number of aromatic hydroxyl groups is 1. The topological polar surface area (TPSA) is 86.1 Å². The molecule has 3 heterocycles. The normalized spacial score (nSPS) is 15.1. The van der Waals surface area contributed by atoms with E-state index in [1.165, 1.54) is 0 Å². The summed E-state index contributed by atoms with van der Waals surface area (Å²) in [7, 11) is 2.16. The molecular formula is C24H23N7O. The molecular weight excluding hydrogens is 402 g/mol. The zero-order valence-corrected chi connectivity index (χ0v) is 17.7. The van der Waals surface area contributed by atoms with Gasteiger partial charge < -0.3 is 19.9 Å². The van der Waals surface area contributed by atoms with E-state index in [2.05, 4.69) is 44.3 Å². The number of phenols is 1. The zero-order valence-electron chi connectivity index (χ0n) is 17.7. The van der Waals surface area contributed by atoms with E-state index in [1.54, 1.807) is 16.8 Å². The highest BCUT2D eigenvalue weighted by Gasteiger charge is 2.19. The van der Waals surface area contributed by atoms with Crippen LogP contribution in [0.1, 0.15) is 0 Å². The second kappa shape index (κ2) is 7.35. The van der Waals surface area contributed by atoms with Crippen LogP contribution in [0, 0.1) is 0 Å². The minimum absolute atomic E-state index is 0.261. The number of nitrogens with one attached hydrogen (secondary N) is 1. The van der Waals surface area contributed by atoms with Crippen molar-refractivity contribution in [2.75, 3.05) is 38.1 Å². The summed E-state index contributed by atoms with van der Waals surface area (Å²) in [6.45, 7) is 4.08. The zero-order chi connectivity index (χ0) is 21.7. The molecule has 160 valence electrons. The lowest BCUT2D eigenvalue weighted by molar-refractivity contribution is 0.313. The molecule has 0 bridgehead atoms.